The van der Waals surface area contributed by atoms with Gasteiger partial charge in [0.25, 0.3) is 11.5 Å². The quantitative estimate of drug-likeness (QED) is 0.672. The van der Waals surface area contributed by atoms with Crippen molar-refractivity contribution in [1.29, 1.82) is 0 Å². The van der Waals surface area contributed by atoms with E-state index in [-0.39, 0.29) is 24.0 Å². The van der Waals surface area contributed by atoms with Crippen LogP contribution in [0.25, 0.3) is 0 Å². The number of hydrogen-bond donors (Lipinski definition) is 2. The van der Waals surface area contributed by atoms with Gasteiger partial charge in [0, 0.05) is 11.9 Å². The third-order valence-electron chi connectivity index (χ3n) is 5.58. The predicted molar refractivity (Wildman–Crippen MR) is 120 cm³/mol. The van der Waals surface area contributed by atoms with Crippen LogP contribution in [0.1, 0.15) is 39.0 Å². The molecule has 0 radical (unpaired) electrons. The van der Waals surface area contributed by atoms with Crippen molar-refractivity contribution in [3.8, 4) is 0 Å². The van der Waals surface area contributed by atoms with E-state index in [1.54, 1.807) is 0 Å². The highest BCUT2D eigenvalue weighted by Crippen LogP contribution is 2.33. The van der Waals surface area contributed by atoms with Crippen LogP contribution in [0, 0.1) is 5.92 Å². The predicted octanol–water partition coefficient (Wildman–Crippen LogP) is 2.63. The molecule has 7 nitrogen and oxygen atoms in total. The number of aryl methyl sites for hydroxylation is 1. The Balaban J connectivity index is 1.69. The molecule has 0 fully saturated rings. The molecule has 8 heteroatoms. The standard InChI is InChI=1S/C22H24N4O3S/c1-13-8-9-16-15(10-13)11-17(30-16)21(28)25(2)18-19(23)26(22(29)24-20(18)27)12-14-6-4-3-5-7-14/h3-7,11,13H,8-10,12,23H2,1-2H3,(H,24,27,29). The normalized spacial score (nSPS) is 15.6. The number of benzene rings is 1. The lowest BCUT2D eigenvalue weighted by atomic mass is 9.90. The van der Waals surface area contributed by atoms with Crippen molar-refractivity contribution >= 4 is 28.7 Å². The smallest absolute Gasteiger partial charge is 0.330 e. The zero-order chi connectivity index (χ0) is 21.4. The number of thiophene rings is 1. The highest BCUT2D eigenvalue weighted by Gasteiger charge is 2.26. The van der Waals surface area contributed by atoms with Crippen LogP contribution < -0.4 is 21.9 Å². The summed E-state index contributed by atoms with van der Waals surface area (Å²) in [7, 11) is 1.52. The number of nitrogen functional groups attached to an aromatic ring is 1. The van der Waals surface area contributed by atoms with E-state index in [9.17, 15) is 14.4 Å². The van der Waals surface area contributed by atoms with E-state index >= 15 is 0 Å². The summed E-state index contributed by atoms with van der Waals surface area (Å²) in [5.41, 5.74) is 6.99. The number of nitrogens with two attached hydrogens (primary N) is 1. The first-order chi connectivity index (χ1) is 14.3. The summed E-state index contributed by atoms with van der Waals surface area (Å²) in [6, 6.07) is 11.3. The molecule has 3 N–H and O–H groups in total. The number of H-pyrrole nitrogens is 1. The van der Waals surface area contributed by atoms with Crippen molar-refractivity contribution in [3.63, 3.8) is 0 Å². The monoisotopic (exact) mass is 424 g/mol. The molecule has 0 aliphatic heterocycles. The van der Waals surface area contributed by atoms with Crippen LogP contribution in [0.4, 0.5) is 11.5 Å². The minimum absolute atomic E-state index is 0.0183. The molecule has 156 valence electrons. The second-order valence-corrected chi connectivity index (χ2v) is 8.97. The number of amides is 1. The molecule has 1 aromatic carbocycles. The lowest BCUT2D eigenvalue weighted by Crippen LogP contribution is -2.39. The Hall–Kier alpha value is -3.13. The molecule has 0 saturated carbocycles. The van der Waals surface area contributed by atoms with E-state index in [4.69, 9.17) is 5.73 Å². The van der Waals surface area contributed by atoms with Crippen molar-refractivity contribution < 1.29 is 4.79 Å². The Morgan fingerprint density at radius 3 is 2.77 bits per heavy atom. The molecule has 2 heterocycles. The SMILES string of the molecule is CC1CCc2sc(C(=O)N(C)c3c(N)n(Cc4ccccc4)c(=O)[nH]c3=O)cc2C1. The Kier molecular flexibility index (Phi) is 5.34. The van der Waals surface area contributed by atoms with Gasteiger partial charge in [-0.3, -0.25) is 19.1 Å². The molecule has 1 unspecified atom stereocenters. The summed E-state index contributed by atoms with van der Waals surface area (Å²) >= 11 is 1.48. The second kappa shape index (κ2) is 7.95. The van der Waals surface area contributed by atoms with Crippen LogP contribution in [0.15, 0.2) is 46.0 Å². The maximum atomic E-state index is 13.1. The Bertz CT molecular complexity index is 1210. The van der Waals surface area contributed by atoms with Gasteiger partial charge in [0.15, 0.2) is 5.69 Å². The number of fused-ring (bicyclic) bond motifs is 1. The van der Waals surface area contributed by atoms with E-state index in [0.717, 1.165) is 24.8 Å². The summed E-state index contributed by atoms with van der Waals surface area (Å²) in [4.78, 5) is 43.4. The van der Waals surface area contributed by atoms with Gasteiger partial charge >= 0.3 is 5.69 Å². The molecular formula is C22H24N4O3S. The van der Waals surface area contributed by atoms with Crippen LogP contribution in [0.2, 0.25) is 0 Å². The molecule has 1 amide bonds. The maximum absolute atomic E-state index is 13.1. The van der Waals surface area contributed by atoms with E-state index in [1.165, 1.54) is 38.3 Å². The number of anilines is 2. The van der Waals surface area contributed by atoms with Crippen LogP contribution in [-0.2, 0) is 19.4 Å². The topological polar surface area (TPSA) is 101 Å². The number of nitrogens with zero attached hydrogens (tertiary/aromatic N) is 2. The third kappa shape index (κ3) is 3.70. The third-order valence-corrected chi connectivity index (χ3v) is 6.80. The van der Waals surface area contributed by atoms with Crippen LogP contribution in [-0.4, -0.2) is 22.5 Å². The molecule has 0 spiro atoms. The van der Waals surface area contributed by atoms with Crippen molar-refractivity contribution in [2.24, 2.45) is 5.92 Å². The van der Waals surface area contributed by atoms with Gasteiger partial charge in [0.1, 0.15) is 5.82 Å². The molecule has 0 saturated heterocycles. The van der Waals surface area contributed by atoms with Gasteiger partial charge in [0.05, 0.1) is 11.4 Å². The van der Waals surface area contributed by atoms with E-state index in [0.29, 0.717) is 10.8 Å². The maximum Gasteiger partial charge on any atom is 0.330 e. The molecule has 3 aromatic rings. The largest absolute Gasteiger partial charge is 0.383 e. The molecule has 1 aliphatic carbocycles. The number of aromatic amines is 1. The van der Waals surface area contributed by atoms with E-state index in [2.05, 4.69) is 11.9 Å². The second-order valence-electron chi connectivity index (χ2n) is 7.84. The highest BCUT2D eigenvalue weighted by molar-refractivity contribution is 7.14. The molecule has 1 atom stereocenters. The number of hydrogen-bond acceptors (Lipinski definition) is 5. The number of carbonyl (C=O) groups is 1. The fourth-order valence-corrected chi connectivity index (χ4v) is 5.09. The zero-order valence-corrected chi connectivity index (χ0v) is 17.8. The summed E-state index contributed by atoms with van der Waals surface area (Å²) in [6.07, 6.45) is 3.06. The number of rotatable bonds is 4. The summed E-state index contributed by atoms with van der Waals surface area (Å²) < 4.78 is 1.27. The van der Waals surface area contributed by atoms with Gasteiger partial charge in [0.2, 0.25) is 0 Å². The van der Waals surface area contributed by atoms with Gasteiger partial charge in [-0.1, -0.05) is 37.3 Å². The molecule has 30 heavy (non-hydrogen) atoms. The van der Waals surface area contributed by atoms with Crippen LogP contribution in [0.5, 0.6) is 0 Å². The average molecular weight is 425 g/mol. The first-order valence-electron chi connectivity index (χ1n) is 9.91. The fourth-order valence-electron chi connectivity index (χ4n) is 3.90. The van der Waals surface area contributed by atoms with E-state index in [1.807, 2.05) is 36.4 Å². The molecule has 4 rings (SSSR count). The number of nitrogens with one attached hydrogen (secondary N) is 1. The Morgan fingerprint density at radius 2 is 2.03 bits per heavy atom. The van der Waals surface area contributed by atoms with Crippen molar-refractivity contribution in [1.82, 2.24) is 9.55 Å². The minimum Gasteiger partial charge on any atom is -0.383 e. The zero-order valence-electron chi connectivity index (χ0n) is 17.0. The first-order valence-corrected chi connectivity index (χ1v) is 10.7. The van der Waals surface area contributed by atoms with Crippen molar-refractivity contribution in [3.05, 3.63) is 78.1 Å². The number of aromatic nitrogens is 2. The Labute approximate surface area is 177 Å². The van der Waals surface area contributed by atoms with Gasteiger partial charge in [-0.2, -0.15) is 0 Å². The fraction of sp³-hybridized carbons (Fsp3) is 0.318. The minimum atomic E-state index is -0.674. The molecule has 0 bridgehead atoms. The molecular weight excluding hydrogens is 400 g/mol. The highest BCUT2D eigenvalue weighted by atomic mass is 32.1. The van der Waals surface area contributed by atoms with Gasteiger partial charge in [-0.25, -0.2) is 4.79 Å². The van der Waals surface area contributed by atoms with Gasteiger partial charge in [-0.05, 0) is 42.4 Å². The average Bonchev–Trinajstić information content (AvgIpc) is 3.14. The summed E-state index contributed by atoms with van der Waals surface area (Å²) in [5.74, 6) is 0.273. The first kappa shape index (κ1) is 20.2. The summed E-state index contributed by atoms with van der Waals surface area (Å²) in [6.45, 7) is 2.41. The van der Waals surface area contributed by atoms with E-state index < -0.39 is 11.2 Å². The lowest BCUT2D eigenvalue weighted by molar-refractivity contribution is 0.0996. The van der Waals surface area contributed by atoms with Gasteiger partial charge in [-0.15, -0.1) is 11.3 Å². The molecule has 2 aromatic heterocycles. The number of carbonyl (C=O) groups excluding carboxylic acids is 1. The van der Waals surface area contributed by atoms with Gasteiger partial charge < -0.3 is 10.6 Å². The van der Waals surface area contributed by atoms with Crippen molar-refractivity contribution in [2.75, 3.05) is 17.7 Å². The Morgan fingerprint density at radius 1 is 1.30 bits per heavy atom. The van der Waals surface area contributed by atoms with Crippen molar-refractivity contribution in [2.45, 2.75) is 32.7 Å². The molecule has 1 aliphatic rings. The van der Waals surface area contributed by atoms with Crippen LogP contribution in [0.3, 0.4) is 0 Å². The summed E-state index contributed by atoms with van der Waals surface area (Å²) in [5, 5.41) is 0. The lowest BCUT2D eigenvalue weighted by Gasteiger charge is -2.20. The van der Waals surface area contributed by atoms with Crippen LogP contribution >= 0.6 is 11.3 Å².